The summed E-state index contributed by atoms with van der Waals surface area (Å²) in [5.41, 5.74) is 0.956. The van der Waals surface area contributed by atoms with E-state index in [0.29, 0.717) is 10.9 Å². The first kappa shape index (κ1) is 16.6. The average Bonchev–Trinajstić information content (AvgIpc) is 2.45. The fourth-order valence-electron chi connectivity index (χ4n) is 2.94. The molecule has 1 heterocycles. The van der Waals surface area contributed by atoms with Gasteiger partial charge in [0.1, 0.15) is 5.75 Å². The van der Waals surface area contributed by atoms with Crippen LogP contribution in [0.25, 0.3) is 0 Å². The number of rotatable bonds is 5. The van der Waals surface area contributed by atoms with Crippen molar-refractivity contribution in [3.63, 3.8) is 0 Å². The molecule has 1 aliphatic heterocycles. The van der Waals surface area contributed by atoms with Crippen molar-refractivity contribution in [1.82, 2.24) is 9.80 Å². The third-order valence-corrected chi connectivity index (χ3v) is 4.30. The molecule has 1 saturated heterocycles. The van der Waals surface area contributed by atoms with Crippen LogP contribution in [-0.4, -0.2) is 59.3 Å². The maximum Gasteiger partial charge on any atom is 0.134 e. The van der Waals surface area contributed by atoms with Crippen molar-refractivity contribution in [2.45, 2.75) is 19.9 Å². The number of phenols is 1. The maximum atomic E-state index is 9.74. The molecule has 2 rings (SSSR count). The van der Waals surface area contributed by atoms with Crippen LogP contribution in [0.4, 0.5) is 0 Å². The first-order valence-electron chi connectivity index (χ1n) is 7.57. The van der Waals surface area contributed by atoms with Crippen LogP contribution in [0.15, 0.2) is 18.2 Å². The van der Waals surface area contributed by atoms with Crippen LogP contribution in [0.5, 0.6) is 5.75 Å². The first-order chi connectivity index (χ1) is 10.0. The Bertz CT molecular complexity index is 460. The summed E-state index contributed by atoms with van der Waals surface area (Å²) in [6.07, 6.45) is 0. The van der Waals surface area contributed by atoms with Gasteiger partial charge in [0.05, 0.1) is 17.7 Å². The van der Waals surface area contributed by atoms with Gasteiger partial charge in [-0.05, 0) is 23.6 Å². The average molecular weight is 313 g/mol. The van der Waals surface area contributed by atoms with Gasteiger partial charge in [-0.15, -0.1) is 0 Å². The number of piperazine rings is 1. The summed E-state index contributed by atoms with van der Waals surface area (Å²) in [6.45, 7) is 9.60. The SMILES string of the molecule is CC(C)CN1CCN(C(CO)c2ccc(O)c(Cl)c2)CC1. The Morgan fingerprint density at radius 2 is 1.86 bits per heavy atom. The number of hydrogen-bond donors (Lipinski definition) is 2. The van der Waals surface area contributed by atoms with Gasteiger partial charge in [-0.2, -0.15) is 0 Å². The Labute approximate surface area is 131 Å². The fraction of sp³-hybridized carbons (Fsp3) is 0.625. The van der Waals surface area contributed by atoms with E-state index in [-0.39, 0.29) is 18.4 Å². The Morgan fingerprint density at radius 3 is 2.38 bits per heavy atom. The van der Waals surface area contributed by atoms with Crippen LogP contribution >= 0.6 is 11.6 Å². The zero-order valence-corrected chi connectivity index (χ0v) is 13.6. The molecular formula is C16H25ClN2O2. The predicted molar refractivity (Wildman–Crippen MR) is 85.8 cm³/mol. The van der Waals surface area contributed by atoms with Crippen LogP contribution in [0.2, 0.25) is 5.02 Å². The summed E-state index contributed by atoms with van der Waals surface area (Å²) in [7, 11) is 0. The summed E-state index contributed by atoms with van der Waals surface area (Å²) < 4.78 is 0. The smallest absolute Gasteiger partial charge is 0.134 e. The van der Waals surface area contributed by atoms with E-state index in [1.165, 1.54) is 0 Å². The number of aliphatic hydroxyl groups is 1. The van der Waals surface area contributed by atoms with Crippen LogP contribution in [-0.2, 0) is 0 Å². The van der Waals surface area contributed by atoms with Crippen LogP contribution < -0.4 is 0 Å². The number of hydrogen-bond acceptors (Lipinski definition) is 4. The second-order valence-electron chi connectivity index (χ2n) is 6.14. The highest BCUT2D eigenvalue weighted by Gasteiger charge is 2.25. The third-order valence-electron chi connectivity index (χ3n) is 4.00. The number of halogens is 1. The quantitative estimate of drug-likeness (QED) is 0.876. The molecule has 2 N–H and O–H groups in total. The molecular weight excluding hydrogens is 288 g/mol. The van der Waals surface area contributed by atoms with E-state index < -0.39 is 0 Å². The molecule has 0 saturated carbocycles. The van der Waals surface area contributed by atoms with E-state index >= 15 is 0 Å². The molecule has 0 bridgehead atoms. The minimum absolute atomic E-state index is 0.0516. The van der Waals surface area contributed by atoms with E-state index in [2.05, 4.69) is 23.6 Å². The fourth-order valence-corrected chi connectivity index (χ4v) is 3.13. The van der Waals surface area contributed by atoms with Gasteiger partial charge in [-0.1, -0.05) is 31.5 Å². The maximum absolute atomic E-state index is 9.74. The Balaban J connectivity index is 2.00. The van der Waals surface area contributed by atoms with Gasteiger partial charge < -0.3 is 15.1 Å². The summed E-state index contributed by atoms with van der Waals surface area (Å²) in [6, 6.07) is 5.13. The van der Waals surface area contributed by atoms with Crippen molar-refractivity contribution in [3.8, 4) is 5.75 Å². The summed E-state index contributed by atoms with van der Waals surface area (Å²) in [4.78, 5) is 4.76. The lowest BCUT2D eigenvalue weighted by Crippen LogP contribution is -2.49. The molecule has 21 heavy (non-hydrogen) atoms. The molecule has 1 unspecified atom stereocenters. The zero-order chi connectivity index (χ0) is 15.4. The van der Waals surface area contributed by atoms with E-state index in [9.17, 15) is 10.2 Å². The van der Waals surface area contributed by atoms with Gasteiger partial charge in [0.2, 0.25) is 0 Å². The van der Waals surface area contributed by atoms with E-state index in [1.54, 1.807) is 12.1 Å². The third kappa shape index (κ3) is 4.33. The molecule has 0 aromatic heterocycles. The number of aromatic hydroxyl groups is 1. The molecule has 118 valence electrons. The van der Waals surface area contributed by atoms with Gasteiger partial charge in [-0.25, -0.2) is 0 Å². The first-order valence-corrected chi connectivity index (χ1v) is 7.94. The minimum atomic E-state index is -0.0516. The number of phenolic OH excluding ortho intramolecular Hbond substituents is 1. The number of benzene rings is 1. The molecule has 1 aliphatic rings. The van der Waals surface area contributed by atoms with Crippen LogP contribution in [0.3, 0.4) is 0 Å². The van der Waals surface area contributed by atoms with Crippen molar-refractivity contribution < 1.29 is 10.2 Å². The lowest BCUT2D eigenvalue weighted by atomic mass is 10.0. The molecule has 1 atom stereocenters. The van der Waals surface area contributed by atoms with Gasteiger partial charge in [0, 0.05) is 32.7 Å². The van der Waals surface area contributed by atoms with Crippen molar-refractivity contribution in [1.29, 1.82) is 0 Å². The monoisotopic (exact) mass is 312 g/mol. The lowest BCUT2D eigenvalue weighted by molar-refractivity contribution is 0.0606. The van der Waals surface area contributed by atoms with E-state index in [0.717, 1.165) is 38.3 Å². The molecule has 0 radical (unpaired) electrons. The highest BCUT2D eigenvalue weighted by Crippen LogP contribution is 2.29. The largest absolute Gasteiger partial charge is 0.506 e. The van der Waals surface area contributed by atoms with E-state index in [4.69, 9.17) is 11.6 Å². The molecule has 1 aromatic rings. The Hall–Kier alpha value is -0.810. The van der Waals surface area contributed by atoms with Gasteiger partial charge in [0.25, 0.3) is 0 Å². The van der Waals surface area contributed by atoms with Gasteiger partial charge in [-0.3, -0.25) is 4.90 Å². The van der Waals surface area contributed by atoms with Crippen LogP contribution in [0, 0.1) is 5.92 Å². The molecule has 4 nitrogen and oxygen atoms in total. The molecule has 1 aromatic carbocycles. The number of nitrogens with zero attached hydrogens (tertiary/aromatic N) is 2. The topological polar surface area (TPSA) is 46.9 Å². The zero-order valence-electron chi connectivity index (χ0n) is 12.8. The van der Waals surface area contributed by atoms with Crippen molar-refractivity contribution >= 4 is 11.6 Å². The molecule has 0 spiro atoms. The normalized spacial score (nSPS) is 19.1. The molecule has 0 amide bonds. The predicted octanol–water partition coefficient (Wildman–Crippen LogP) is 2.35. The van der Waals surface area contributed by atoms with Crippen molar-refractivity contribution in [2.75, 3.05) is 39.3 Å². The van der Waals surface area contributed by atoms with Crippen molar-refractivity contribution in [2.24, 2.45) is 5.92 Å². The standard InChI is InChI=1S/C16H25ClN2O2/c1-12(2)10-18-5-7-19(8-6-18)15(11-20)13-3-4-16(21)14(17)9-13/h3-4,9,12,15,20-21H,5-8,10-11H2,1-2H3. The molecule has 1 fully saturated rings. The Kier molecular flexibility index (Phi) is 5.88. The van der Waals surface area contributed by atoms with Crippen LogP contribution in [0.1, 0.15) is 25.5 Å². The summed E-state index contributed by atoms with van der Waals surface area (Å²) in [5.74, 6) is 0.764. The van der Waals surface area contributed by atoms with Gasteiger partial charge in [0.15, 0.2) is 0 Å². The second-order valence-corrected chi connectivity index (χ2v) is 6.55. The minimum Gasteiger partial charge on any atom is -0.506 e. The summed E-state index contributed by atoms with van der Waals surface area (Å²) >= 11 is 5.98. The molecule has 0 aliphatic carbocycles. The Morgan fingerprint density at radius 1 is 1.19 bits per heavy atom. The van der Waals surface area contributed by atoms with Gasteiger partial charge >= 0.3 is 0 Å². The van der Waals surface area contributed by atoms with Crippen molar-refractivity contribution in [3.05, 3.63) is 28.8 Å². The highest BCUT2D eigenvalue weighted by molar-refractivity contribution is 6.32. The number of aliphatic hydroxyl groups excluding tert-OH is 1. The lowest BCUT2D eigenvalue weighted by Gasteiger charge is -2.39. The second kappa shape index (κ2) is 7.45. The molecule has 5 heteroatoms. The van der Waals surface area contributed by atoms with E-state index in [1.807, 2.05) is 6.07 Å². The summed E-state index contributed by atoms with van der Waals surface area (Å²) in [5, 5.41) is 19.6. The highest BCUT2D eigenvalue weighted by atomic mass is 35.5.